The molecule has 1 fully saturated rings. The van der Waals surface area contributed by atoms with Gasteiger partial charge in [-0.05, 0) is 24.1 Å². The summed E-state index contributed by atoms with van der Waals surface area (Å²) in [6.45, 7) is 2.85. The highest BCUT2D eigenvalue weighted by molar-refractivity contribution is 7.99. The van der Waals surface area contributed by atoms with Crippen LogP contribution in [0.15, 0.2) is 18.2 Å². The highest BCUT2D eigenvalue weighted by atomic mass is 35.5. The second-order valence-electron chi connectivity index (χ2n) is 5.51. The van der Waals surface area contributed by atoms with Crippen molar-refractivity contribution in [1.82, 2.24) is 10.6 Å². The summed E-state index contributed by atoms with van der Waals surface area (Å²) in [5, 5.41) is 6.38. The van der Waals surface area contributed by atoms with E-state index in [9.17, 15) is 4.79 Å². The maximum Gasteiger partial charge on any atom is 0.221 e. The van der Waals surface area contributed by atoms with Crippen LogP contribution in [0, 0.1) is 0 Å². The molecule has 23 heavy (non-hydrogen) atoms. The van der Waals surface area contributed by atoms with Crippen LogP contribution in [0.1, 0.15) is 12.0 Å². The number of thioether (sulfide) groups is 1. The SMILES string of the molecule is Cl.O=C(CC1CSCCN1)NCCc1ccc2c(c1)OCCO2. The molecule has 2 N–H and O–H groups in total. The van der Waals surface area contributed by atoms with E-state index in [2.05, 4.69) is 10.6 Å². The predicted octanol–water partition coefficient (Wildman–Crippen LogP) is 1.63. The topological polar surface area (TPSA) is 59.6 Å². The van der Waals surface area contributed by atoms with Crippen LogP contribution in [0.3, 0.4) is 0 Å². The van der Waals surface area contributed by atoms with Crippen LogP contribution in [0.4, 0.5) is 0 Å². The standard InChI is InChI=1S/C16H22N2O3S.ClH/c19-16(10-13-11-22-8-5-17-13)18-4-3-12-1-2-14-15(9-12)21-7-6-20-14;/h1-2,9,13,17H,3-8,10-11H2,(H,18,19);1H. The third-order valence-electron chi connectivity index (χ3n) is 3.77. The van der Waals surface area contributed by atoms with Gasteiger partial charge in [-0.25, -0.2) is 0 Å². The number of amides is 1. The summed E-state index contributed by atoms with van der Waals surface area (Å²) >= 11 is 1.91. The fraction of sp³-hybridized carbons (Fsp3) is 0.562. The van der Waals surface area contributed by atoms with E-state index in [1.807, 2.05) is 30.0 Å². The molecule has 1 unspecified atom stereocenters. The van der Waals surface area contributed by atoms with Crippen molar-refractivity contribution in [2.24, 2.45) is 0 Å². The summed E-state index contributed by atoms with van der Waals surface area (Å²) in [7, 11) is 0. The van der Waals surface area contributed by atoms with Gasteiger partial charge in [0, 0.05) is 37.1 Å². The summed E-state index contributed by atoms with van der Waals surface area (Å²) in [6.07, 6.45) is 1.36. The number of fused-ring (bicyclic) bond motifs is 1. The predicted molar refractivity (Wildman–Crippen MR) is 95.1 cm³/mol. The summed E-state index contributed by atoms with van der Waals surface area (Å²) in [5.74, 6) is 3.90. The molecule has 2 heterocycles. The van der Waals surface area contributed by atoms with Crippen molar-refractivity contribution < 1.29 is 14.3 Å². The minimum absolute atomic E-state index is 0. The van der Waals surface area contributed by atoms with Crippen molar-refractivity contribution in [1.29, 1.82) is 0 Å². The molecule has 0 radical (unpaired) electrons. The number of hydrogen-bond donors (Lipinski definition) is 2. The molecule has 2 aliphatic heterocycles. The van der Waals surface area contributed by atoms with Crippen LogP contribution >= 0.6 is 24.2 Å². The normalized spacial score (nSPS) is 19.6. The van der Waals surface area contributed by atoms with Gasteiger partial charge in [-0.1, -0.05) is 6.07 Å². The van der Waals surface area contributed by atoms with E-state index < -0.39 is 0 Å². The molecular weight excluding hydrogens is 336 g/mol. The zero-order valence-corrected chi connectivity index (χ0v) is 14.6. The summed E-state index contributed by atoms with van der Waals surface area (Å²) in [5.41, 5.74) is 1.15. The fourth-order valence-corrected chi connectivity index (χ4v) is 3.59. The molecule has 1 aromatic rings. The van der Waals surface area contributed by atoms with Crippen molar-refractivity contribution in [3.63, 3.8) is 0 Å². The smallest absolute Gasteiger partial charge is 0.221 e. The van der Waals surface area contributed by atoms with Crippen LogP contribution in [0.2, 0.25) is 0 Å². The van der Waals surface area contributed by atoms with Gasteiger partial charge in [-0.3, -0.25) is 4.79 Å². The first kappa shape index (κ1) is 18.2. The maximum atomic E-state index is 11.9. The highest BCUT2D eigenvalue weighted by Crippen LogP contribution is 2.30. The lowest BCUT2D eigenvalue weighted by Gasteiger charge is -2.22. The average Bonchev–Trinajstić information content (AvgIpc) is 2.55. The molecule has 1 atom stereocenters. The molecule has 0 aromatic heterocycles. The summed E-state index contributed by atoms with van der Waals surface area (Å²) in [6, 6.07) is 6.28. The maximum absolute atomic E-state index is 11.9. The lowest BCUT2D eigenvalue weighted by Crippen LogP contribution is -2.41. The fourth-order valence-electron chi connectivity index (χ4n) is 2.64. The average molecular weight is 359 g/mol. The zero-order chi connectivity index (χ0) is 15.2. The van der Waals surface area contributed by atoms with E-state index >= 15 is 0 Å². The Bertz CT molecular complexity index is 524. The van der Waals surface area contributed by atoms with Gasteiger partial charge in [-0.2, -0.15) is 11.8 Å². The molecule has 128 valence electrons. The molecule has 3 rings (SSSR count). The van der Waals surface area contributed by atoms with E-state index in [1.54, 1.807) is 0 Å². The molecule has 2 aliphatic rings. The minimum atomic E-state index is 0. The number of carbonyl (C=O) groups excluding carboxylic acids is 1. The second-order valence-corrected chi connectivity index (χ2v) is 6.66. The van der Waals surface area contributed by atoms with Crippen LogP contribution < -0.4 is 20.1 Å². The molecule has 0 aliphatic carbocycles. The number of rotatable bonds is 5. The quantitative estimate of drug-likeness (QED) is 0.837. The largest absolute Gasteiger partial charge is 0.486 e. The van der Waals surface area contributed by atoms with Crippen LogP contribution in [0.25, 0.3) is 0 Å². The first-order valence-electron chi connectivity index (χ1n) is 7.77. The van der Waals surface area contributed by atoms with E-state index in [4.69, 9.17) is 9.47 Å². The number of carbonyl (C=O) groups is 1. The first-order chi connectivity index (χ1) is 10.8. The van der Waals surface area contributed by atoms with Gasteiger partial charge >= 0.3 is 0 Å². The minimum Gasteiger partial charge on any atom is -0.486 e. The Morgan fingerprint density at radius 1 is 1.30 bits per heavy atom. The van der Waals surface area contributed by atoms with E-state index in [0.717, 1.165) is 41.5 Å². The van der Waals surface area contributed by atoms with Gasteiger partial charge in [0.05, 0.1) is 0 Å². The molecule has 0 spiro atoms. The van der Waals surface area contributed by atoms with Crippen LogP contribution in [0.5, 0.6) is 11.5 Å². The van der Waals surface area contributed by atoms with Gasteiger partial charge in [0.2, 0.25) is 5.91 Å². The molecular formula is C16H23ClN2O3S. The Balaban J connectivity index is 0.00000192. The molecule has 1 amide bonds. The third-order valence-corrected chi connectivity index (χ3v) is 4.90. The van der Waals surface area contributed by atoms with Gasteiger partial charge in [0.25, 0.3) is 0 Å². The third kappa shape index (κ3) is 5.48. The van der Waals surface area contributed by atoms with Gasteiger partial charge in [-0.15, -0.1) is 12.4 Å². The van der Waals surface area contributed by atoms with Gasteiger partial charge in [0.1, 0.15) is 13.2 Å². The molecule has 1 aromatic carbocycles. The summed E-state index contributed by atoms with van der Waals surface area (Å²) in [4.78, 5) is 11.9. The van der Waals surface area contributed by atoms with Crippen LogP contribution in [-0.2, 0) is 11.2 Å². The van der Waals surface area contributed by atoms with Gasteiger partial charge in [0.15, 0.2) is 11.5 Å². The van der Waals surface area contributed by atoms with Crippen molar-refractivity contribution in [2.45, 2.75) is 18.9 Å². The lowest BCUT2D eigenvalue weighted by molar-refractivity contribution is -0.121. The molecule has 1 saturated heterocycles. The number of hydrogen-bond acceptors (Lipinski definition) is 5. The summed E-state index contributed by atoms with van der Waals surface area (Å²) < 4.78 is 11.1. The number of nitrogens with one attached hydrogen (secondary N) is 2. The number of halogens is 1. The Labute approximate surface area is 147 Å². The van der Waals surface area contributed by atoms with Crippen molar-refractivity contribution in [2.75, 3.05) is 37.8 Å². The van der Waals surface area contributed by atoms with Crippen LogP contribution in [-0.4, -0.2) is 49.8 Å². The molecule has 5 nitrogen and oxygen atoms in total. The van der Waals surface area contributed by atoms with E-state index in [0.29, 0.717) is 32.2 Å². The molecule has 0 bridgehead atoms. The zero-order valence-electron chi connectivity index (χ0n) is 13.0. The first-order valence-corrected chi connectivity index (χ1v) is 8.93. The highest BCUT2D eigenvalue weighted by Gasteiger charge is 2.16. The Hall–Kier alpha value is -1.11. The van der Waals surface area contributed by atoms with Crippen molar-refractivity contribution in [3.8, 4) is 11.5 Å². The monoisotopic (exact) mass is 358 g/mol. The van der Waals surface area contributed by atoms with Crippen molar-refractivity contribution in [3.05, 3.63) is 23.8 Å². The Morgan fingerprint density at radius 3 is 2.91 bits per heavy atom. The second kappa shape index (κ2) is 9.25. The molecule has 0 saturated carbocycles. The van der Waals surface area contributed by atoms with Gasteiger partial charge < -0.3 is 20.1 Å². The van der Waals surface area contributed by atoms with Crippen molar-refractivity contribution >= 4 is 30.1 Å². The molecule has 7 heteroatoms. The number of benzene rings is 1. The van der Waals surface area contributed by atoms with E-state index in [1.165, 1.54) is 0 Å². The number of ether oxygens (including phenoxy) is 2. The lowest BCUT2D eigenvalue weighted by atomic mass is 10.1. The van der Waals surface area contributed by atoms with E-state index in [-0.39, 0.29) is 18.3 Å². The Morgan fingerprint density at radius 2 is 2.13 bits per heavy atom. The Kier molecular flexibility index (Phi) is 7.33.